The van der Waals surface area contributed by atoms with Crippen molar-refractivity contribution in [2.45, 2.75) is 32.6 Å². The number of rotatable bonds is 6. The molecule has 1 atom stereocenters. The Balaban J connectivity index is 1.67. The molecule has 0 bridgehead atoms. The van der Waals surface area contributed by atoms with Gasteiger partial charge in [0.2, 0.25) is 5.91 Å². The van der Waals surface area contributed by atoms with Crippen molar-refractivity contribution in [1.82, 2.24) is 10.3 Å². The van der Waals surface area contributed by atoms with Gasteiger partial charge in [-0.25, -0.2) is 4.98 Å². The highest BCUT2D eigenvalue weighted by Gasteiger charge is 2.32. The molecule has 1 aromatic carbocycles. The van der Waals surface area contributed by atoms with Gasteiger partial charge in [-0.15, -0.1) is 11.3 Å². The van der Waals surface area contributed by atoms with Crippen LogP contribution in [0.15, 0.2) is 24.3 Å². The number of carbonyl (C=O) groups is 2. The van der Waals surface area contributed by atoms with Gasteiger partial charge in [0.1, 0.15) is 5.75 Å². The van der Waals surface area contributed by atoms with Crippen LogP contribution in [-0.2, 0) is 11.2 Å². The molecular formula is C19H23N3O3S. The van der Waals surface area contributed by atoms with Gasteiger partial charge in [0, 0.05) is 17.0 Å². The van der Waals surface area contributed by atoms with Crippen LogP contribution in [0.5, 0.6) is 5.75 Å². The number of nitrogens with one attached hydrogen (secondary N) is 2. The maximum absolute atomic E-state index is 12.4. The number of thiazole rings is 1. The summed E-state index contributed by atoms with van der Waals surface area (Å²) in [5.41, 5.74) is 1.34. The first-order valence-electron chi connectivity index (χ1n) is 8.70. The van der Waals surface area contributed by atoms with E-state index in [0.29, 0.717) is 28.9 Å². The van der Waals surface area contributed by atoms with Gasteiger partial charge in [0.25, 0.3) is 5.91 Å². The minimum Gasteiger partial charge on any atom is -0.497 e. The van der Waals surface area contributed by atoms with E-state index in [4.69, 9.17) is 4.74 Å². The van der Waals surface area contributed by atoms with Crippen LogP contribution in [0.3, 0.4) is 0 Å². The first-order chi connectivity index (χ1) is 12.5. The third-order valence-corrected chi connectivity index (χ3v) is 5.34. The van der Waals surface area contributed by atoms with E-state index in [1.165, 1.54) is 11.3 Å². The van der Waals surface area contributed by atoms with Crippen LogP contribution in [-0.4, -0.2) is 30.5 Å². The standard InChI is InChI=1S/C19H23N3O3S/c1-11(2)10-20-18(24)14-8-9-15-16(14)21-19(26-15)22-17(23)12-4-6-13(25-3)7-5-12/h4-7,11,14H,8-10H2,1-3H3,(H,20,24)(H,21,22,23). The van der Waals surface area contributed by atoms with Gasteiger partial charge in [-0.05, 0) is 43.0 Å². The SMILES string of the molecule is COc1ccc(C(=O)Nc2nc3c(s2)CCC3C(=O)NCC(C)C)cc1. The second-order valence-electron chi connectivity index (χ2n) is 6.74. The van der Waals surface area contributed by atoms with Crippen molar-refractivity contribution in [3.8, 4) is 5.75 Å². The second-order valence-corrected chi connectivity index (χ2v) is 7.82. The van der Waals surface area contributed by atoms with Gasteiger partial charge in [-0.2, -0.15) is 0 Å². The number of ether oxygens (including phenoxy) is 1. The summed E-state index contributed by atoms with van der Waals surface area (Å²) >= 11 is 1.45. The van der Waals surface area contributed by atoms with Gasteiger partial charge in [0.05, 0.1) is 18.7 Å². The lowest BCUT2D eigenvalue weighted by atomic mass is 10.1. The number of hydrogen-bond acceptors (Lipinski definition) is 5. The molecule has 7 heteroatoms. The third kappa shape index (κ3) is 4.04. The molecule has 2 amide bonds. The molecular weight excluding hydrogens is 350 g/mol. The predicted octanol–water partition coefficient (Wildman–Crippen LogP) is 3.21. The van der Waals surface area contributed by atoms with Crippen molar-refractivity contribution in [2.75, 3.05) is 19.0 Å². The smallest absolute Gasteiger partial charge is 0.257 e. The number of carbonyl (C=O) groups excluding carboxylic acids is 2. The molecule has 1 unspecified atom stereocenters. The van der Waals surface area contributed by atoms with E-state index in [-0.39, 0.29) is 17.7 Å². The Hall–Kier alpha value is -2.41. The molecule has 0 fully saturated rings. The number of hydrogen-bond donors (Lipinski definition) is 2. The zero-order chi connectivity index (χ0) is 18.7. The van der Waals surface area contributed by atoms with E-state index in [0.717, 1.165) is 23.4 Å². The third-order valence-electron chi connectivity index (χ3n) is 4.29. The highest BCUT2D eigenvalue weighted by Crippen LogP contribution is 2.38. The number of aryl methyl sites for hydroxylation is 1. The quantitative estimate of drug-likeness (QED) is 0.815. The Kier molecular flexibility index (Phi) is 5.56. The number of aromatic nitrogens is 1. The van der Waals surface area contributed by atoms with Crippen LogP contribution < -0.4 is 15.4 Å². The molecule has 138 valence electrons. The van der Waals surface area contributed by atoms with Crippen molar-refractivity contribution in [1.29, 1.82) is 0 Å². The van der Waals surface area contributed by atoms with Gasteiger partial charge in [-0.3, -0.25) is 14.9 Å². The molecule has 2 aromatic rings. The van der Waals surface area contributed by atoms with Crippen LogP contribution >= 0.6 is 11.3 Å². The van der Waals surface area contributed by atoms with Gasteiger partial charge >= 0.3 is 0 Å². The largest absolute Gasteiger partial charge is 0.497 e. The molecule has 1 heterocycles. The Morgan fingerprint density at radius 1 is 1.31 bits per heavy atom. The fourth-order valence-electron chi connectivity index (χ4n) is 2.88. The average molecular weight is 373 g/mol. The molecule has 0 saturated carbocycles. The zero-order valence-electron chi connectivity index (χ0n) is 15.2. The van der Waals surface area contributed by atoms with E-state index >= 15 is 0 Å². The normalized spacial score (nSPS) is 15.6. The van der Waals surface area contributed by atoms with Crippen LogP contribution in [0.4, 0.5) is 5.13 Å². The number of fused-ring (bicyclic) bond motifs is 1. The molecule has 0 spiro atoms. The van der Waals surface area contributed by atoms with Crippen LogP contribution in [0.1, 0.15) is 47.1 Å². The molecule has 2 N–H and O–H groups in total. The molecule has 0 aliphatic heterocycles. The lowest BCUT2D eigenvalue weighted by molar-refractivity contribution is -0.122. The number of nitrogens with zero attached hydrogens (tertiary/aromatic N) is 1. The minimum atomic E-state index is -0.221. The lowest BCUT2D eigenvalue weighted by Crippen LogP contribution is -2.31. The van der Waals surface area contributed by atoms with E-state index in [9.17, 15) is 9.59 Å². The van der Waals surface area contributed by atoms with Crippen LogP contribution in [0.2, 0.25) is 0 Å². The highest BCUT2D eigenvalue weighted by atomic mass is 32.1. The lowest BCUT2D eigenvalue weighted by Gasteiger charge is -2.12. The first-order valence-corrected chi connectivity index (χ1v) is 9.52. The van der Waals surface area contributed by atoms with E-state index < -0.39 is 0 Å². The summed E-state index contributed by atoms with van der Waals surface area (Å²) < 4.78 is 5.10. The minimum absolute atomic E-state index is 0.0239. The molecule has 26 heavy (non-hydrogen) atoms. The van der Waals surface area contributed by atoms with Crippen molar-refractivity contribution < 1.29 is 14.3 Å². The summed E-state index contributed by atoms with van der Waals surface area (Å²) in [7, 11) is 1.58. The van der Waals surface area contributed by atoms with E-state index in [1.54, 1.807) is 31.4 Å². The molecule has 0 saturated heterocycles. The van der Waals surface area contributed by atoms with Crippen molar-refractivity contribution >= 4 is 28.3 Å². The van der Waals surface area contributed by atoms with Crippen LogP contribution in [0, 0.1) is 5.92 Å². The highest BCUT2D eigenvalue weighted by molar-refractivity contribution is 7.16. The molecule has 1 aromatic heterocycles. The van der Waals surface area contributed by atoms with E-state index in [2.05, 4.69) is 29.5 Å². The predicted molar refractivity (Wildman–Crippen MR) is 102 cm³/mol. The fraction of sp³-hybridized carbons (Fsp3) is 0.421. The molecule has 1 aliphatic rings. The number of benzene rings is 1. The number of amides is 2. The summed E-state index contributed by atoms with van der Waals surface area (Å²) in [5, 5.41) is 6.35. The summed E-state index contributed by atoms with van der Waals surface area (Å²) in [4.78, 5) is 30.4. The number of methoxy groups -OCH3 is 1. The van der Waals surface area contributed by atoms with Crippen molar-refractivity contribution in [3.05, 3.63) is 40.4 Å². The summed E-state index contributed by atoms with van der Waals surface area (Å²) in [6, 6.07) is 6.90. The molecule has 6 nitrogen and oxygen atoms in total. The summed E-state index contributed by atoms with van der Waals surface area (Å²) in [5.74, 6) is 0.697. The topological polar surface area (TPSA) is 80.3 Å². The Morgan fingerprint density at radius 3 is 2.69 bits per heavy atom. The second kappa shape index (κ2) is 7.86. The van der Waals surface area contributed by atoms with Gasteiger partial charge in [0.15, 0.2) is 5.13 Å². The molecule has 0 radical (unpaired) electrons. The zero-order valence-corrected chi connectivity index (χ0v) is 16.0. The van der Waals surface area contributed by atoms with Gasteiger partial charge in [-0.1, -0.05) is 13.8 Å². The Bertz CT molecular complexity index is 799. The van der Waals surface area contributed by atoms with Crippen LogP contribution in [0.25, 0.3) is 0 Å². The maximum atomic E-state index is 12.4. The van der Waals surface area contributed by atoms with Crippen molar-refractivity contribution in [3.63, 3.8) is 0 Å². The molecule has 3 rings (SSSR count). The fourth-order valence-corrected chi connectivity index (χ4v) is 3.91. The summed E-state index contributed by atoms with van der Waals surface area (Å²) in [6.07, 6.45) is 1.61. The molecule has 1 aliphatic carbocycles. The van der Waals surface area contributed by atoms with E-state index in [1.807, 2.05) is 0 Å². The summed E-state index contributed by atoms with van der Waals surface area (Å²) in [6.45, 7) is 4.79. The Labute approximate surface area is 157 Å². The first kappa shape index (κ1) is 18.4. The maximum Gasteiger partial charge on any atom is 0.257 e. The van der Waals surface area contributed by atoms with Gasteiger partial charge < -0.3 is 10.1 Å². The number of anilines is 1. The van der Waals surface area contributed by atoms with Crippen molar-refractivity contribution in [2.24, 2.45) is 5.92 Å². The monoisotopic (exact) mass is 373 g/mol. The Morgan fingerprint density at radius 2 is 2.04 bits per heavy atom. The average Bonchev–Trinajstić information content (AvgIpc) is 3.19.